The molecule has 8 heteroatoms. The molecule has 1 unspecified atom stereocenters. The van der Waals surface area contributed by atoms with E-state index < -0.39 is 17.6 Å². The number of aryl methyl sites for hydroxylation is 2. The van der Waals surface area contributed by atoms with Gasteiger partial charge in [-0.1, -0.05) is 17.7 Å². The van der Waals surface area contributed by atoms with Crippen LogP contribution in [0.3, 0.4) is 0 Å². The molecular weight excluding hydrogens is 354 g/mol. The molecule has 3 aromatic rings. The van der Waals surface area contributed by atoms with Gasteiger partial charge in [0.25, 0.3) is 5.56 Å². The highest BCUT2D eigenvalue weighted by atomic mass is 32.1. The standard InChI is InChI=1S/C18H17N3O4S/c1-9-4-6-12(7-5-9)20-15(22)11(3)21-8-19-16-13(17(21)23)10(2)14(26-16)18(24)25/h4-8,11H,1-3H3,(H,20,22)(H,24,25). The Bertz CT molecular complexity index is 1070. The summed E-state index contributed by atoms with van der Waals surface area (Å²) in [5, 5.41) is 12.2. The number of anilines is 1. The lowest BCUT2D eigenvalue weighted by molar-refractivity contribution is -0.118. The topological polar surface area (TPSA) is 101 Å². The zero-order valence-electron chi connectivity index (χ0n) is 14.4. The number of fused-ring (bicyclic) bond motifs is 1. The highest BCUT2D eigenvalue weighted by Gasteiger charge is 2.22. The summed E-state index contributed by atoms with van der Waals surface area (Å²) < 4.78 is 1.22. The number of aromatic carboxylic acids is 1. The lowest BCUT2D eigenvalue weighted by atomic mass is 10.2. The lowest BCUT2D eigenvalue weighted by Crippen LogP contribution is -2.31. The summed E-state index contributed by atoms with van der Waals surface area (Å²) in [5.74, 6) is -1.45. The molecule has 0 spiro atoms. The van der Waals surface area contributed by atoms with E-state index in [9.17, 15) is 19.5 Å². The summed E-state index contributed by atoms with van der Waals surface area (Å²) in [4.78, 5) is 41.1. The minimum absolute atomic E-state index is 0.0825. The van der Waals surface area contributed by atoms with Gasteiger partial charge < -0.3 is 10.4 Å². The third kappa shape index (κ3) is 3.11. The summed E-state index contributed by atoms with van der Waals surface area (Å²) in [7, 11) is 0. The number of hydrogen-bond acceptors (Lipinski definition) is 5. The number of amides is 1. The molecule has 0 aliphatic rings. The normalized spacial score (nSPS) is 12.1. The molecule has 1 amide bonds. The van der Waals surface area contributed by atoms with E-state index >= 15 is 0 Å². The van der Waals surface area contributed by atoms with Crippen molar-refractivity contribution >= 4 is 39.1 Å². The minimum atomic E-state index is -1.10. The maximum atomic E-state index is 12.8. The number of hydrogen-bond donors (Lipinski definition) is 2. The van der Waals surface area contributed by atoms with E-state index in [-0.39, 0.29) is 16.2 Å². The van der Waals surface area contributed by atoms with Gasteiger partial charge in [0.05, 0.1) is 11.7 Å². The van der Waals surface area contributed by atoms with Gasteiger partial charge in [-0.25, -0.2) is 9.78 Å². The first-order valence-corrected chi connectivity index (χ1v) is 8.72. The second kappa shape index (κ2) is 6.72. The summed E-state index contributed by atoms with van der Waals surface area (Å²) in [5.41, 5.74) is 1.65. The Labute approximate surface area is 152 Å². The van der Waals surface area contributed by atoms with Crippen molar-refractivity contribution in [1.29, 1.82) is 0 Å². The molecule has 0 radical (unpaired) electrons. The second-order valence-corrected chi connectivity index (χ2v) is 7.03. The maximum Gasteiger partial charge on any atom is 0.346 e. The fraction of sp³-hybridized carbons (Fsp3) is 0.222. The van der Waals surface area contributed by atoms with Crippen LogP contribution in [0, 0.1) is 13.8 Å². The van der Waals surface area contributed by atoms with Crippen LogP contribution in [0.25, 0.3) is 10.2 Å². The van der Waals surface area contributed by atoms with Crippen LogP contribution in [0.5, 0.6) is 0 Å². The Hall–Kier alpha value is -3.00. The van der Waals surface area contributed by atoms with E-state index in [0.29, 0.717) is 16.1 Å². The van der Waals surface area contributed by atoms with Gasteiger partial charge in [0.15, 0.2) is 0 Å². The lowest BCUT2D eigenvalue weighted by Gasteiger charge is -2.15. The molecule has 0 bridgehead atoms. The molecule has 2 N–H and O–H groups in total. The first kappa shape index (κ1) is 17.8. The van der Waals surface area contributed by atoms with Crippen LogP contribution < -0.4 is 10.9 Å². The number of carboxylic acids is 1. The Balaban J connectivity index is 1.96. The average Bonchev–Trinajstić information content (AvgIpc) is 2.94. The molecule has 1 atom stereocenters. The highest BCUT2D eigenvalue weighted by molar-refractivity contribution is 7.20. The third-order valence-corrected chi connectivity index (χ3v) is 5.37. The quantitative estimate of drug-likeness (QED) is 0.734. The van der Waals surface area contributed by atoms with E-state index in [1.165, 1.54) is 10.9 Å². The predicted molar refractivity (Wildman–Crippen MR) is 100 cm³/mol. The Morgan fingerprint density at radius 3 is 2.50 bits per heavy atom. The van der Waals surface area contributed by atoms with Gasteiger partial charge in [-0.05, 0) is 38.5 Å². The van der Waals surface area contributed by atoms with Crippen molar-refractivity contribution in [2.24, 2.45) is 0 Å². The Morgan fingerprint density at radius 2 is 1.88 bits per heavy atom. The van der Waals surface area contributed by atoms with Gasteiger partial charge in [0, 0.05) is 5.69 Å². The minimum Gasteiger partial charge on any atom is -0.477 e. The van der Waals surface area contributed by atoms with Crippen molar-refractivity contribution in [3.05, 3.63) is 57.0 Å². The fourth-order valence-electron chi connectivity index (χ4n) is 2.63. The van der Waals surface area contributed by atoms with Crippen LogP contribution >= 0.6 is 11.3 Å². The molecule has 2 heterocycles. The van der Waals surface area contributed by atoms with Gasteiger partial charge in [-0.2, -0.15) is 0 Å². The number of carbonyl (C=O) groups is 2. The highest BCUT2D eigenvalue weighted by Crippen LogP contribution is 2.27. The fourth-order valence-corrected chi connectivity index (χ4v) is 3.61. The molecule has 7 nitrogen and oxygen atoms in total. The Kier molecular flexibility index (Phi) is 4.60. The number of aromatic nitrogens is 2. The van der Waals surface area contributed by atoms with Gasteiger partial charge in [0.2, 0.25) is 5.91 Å². The molecule has 3 rings (SSSR count). The monoisotopic (exact) mass is 371 g/mol. The molecule has 0 saturated heterocycles. The number of carboxylic acid groups (broad SMARTS) is 1. The van der Waals surface area contributed by atoms with E-state index in [2.05, 4.69) is 10.3 Å². The van der Waals surface area contributed by atoms with Crippen molar-refractivity contribution in [3.63, 3.8) is 0 Å². The Morgan fingerprint density at radius 1 is 1.23 bits per heavy atom. The largest absolute Gasteiger partial charge is 0.477 e. The summed E-state index contributed by atoms with van der Waals surface area (Å²) in [6.07, 6.45) is 1.28. The summed E-state index contributed by atoms with van der Waals surface area (Å²) >= 11 is 0.954. The number of rotatable bonds is 4. The molecular formula is C18H17N3O4S. The van der Waals surface area contributed by atoms with Crippen molar-refractivity contribution < 1.29 is 14.7 Å². The van der Waals surface area contributed by atoms with Gasteiger partial charge in [-0.15, -0.1) is 11.3 Å². The van der Waals surface area contributed by atoms with E-state index in [1.54, 1.807) is 26.0 Å². The summed E-state index contributed by atoms with van der Waals surface area (Å²) in [6.45, 7) is 5.12. The number of nitrogens with zero attached hydrogens (tertiary/aromatic N) is 2. The SMILES string of the molecule is Cc1ccc(NC(=O)C(C)n2cnc3sc(C(=O)O)c(C)c3c2=O)cc1. The molecule has 1 aromatic carbocycles. The van der Waals surface area contributed by atoms with Crippen molar-refractivity contribution in [2.75, 3.05) is 5.32 Å². The zero-order chi connectivity index (χ0) is 19.0. The number of thiophene rings is 1. The molecule has 0 aliphatic carbocycles. The van der Waals surface area contributed by atoms with Gasteiger partial charge >= 0.3 is 5.97 Å². The molecule has 26 heavy (non-hydrogen) atoms. The van der Waals surface area contributed by atoms with Crippen LogP contribution in [0.1, 0.15) is 33.8 Å². The van der Waals surface area contributed by atoms with Gasteiger partial charge in [-0.3, -0.25) is 14.2 Å². The van der Waals surface area contributed by atoms with Crippen LogP contribution in [-0.4, -0.2) is 26.5 Å². The number of nitrogens with one attached hydrogen (secondary N) is 1. The first-order valence-electron chi connectivity index (χ1n) is 7.90. The zero-order valence-corrected chi connectivity index (χ0v) is 15.3. The van der Waals surface area contributed by atoms with E-state index in [1.807, 2.05) is 19.1 Å². The third-order valence-electron chi connectivity index (χ3n) is 4.19. The molecule has 0 aliphatic heterocycles. The smallest absolute Gasteiger partial charge is 0.346 e. The molecule has 0 saturated carbocycles. The number of benzene rings is 1. The number of carbonyl (C=O) groups excluding carboxylic acids is 1. The van der Waals surface area contributed by atoms with Crippen molar-refractivity contribution in [2.45, 2.75) is 26.8 Å². The van der Waals surface area contributed by atoms with Crippen LogP contribution in [0.4, 0.5) is 5.69 Å². The predicted octanol–water partition coefficient (Wildman–Crippen LogP) is 2.97. The van der Waals surface area contributed by atoms with E-state index in [4.69, 9.17) is 0 Å². The second-order valence-electron chi connectivity index (χ2n) is 6.03. The molecule has 134 valence electrons. The first-order chi connectivity index (χ1) is 12.3. The maximum absolute atomic E-state index is 12.8. The van der Waals surface area contributed by atoms with Crippen LogP contribution in [-0.2, 0) is 4.79 Å². The van der Waals surface area contributed by atoms with Crippen LogP contribution in [0.15, 0.2) is 35.4 Å². The van der Waals surface area contributed by atoms with Gasteiger partial charge in [0.1, 0.15) is 15.7 Å². The summed E-state index contributed by atoms with van der Waals surface area (Å²) in [6, 6.07) is 6.52. The van der Waals surface area contributed by atoms with Crippen molar-refractivity contribution in [1.82, 2.24) is 9.55 Å². The van der Waals surface area contributed by atoms with Crippen LogP contribution in [0.2, 0.25) is 0 Å². The van der Waals surface area contributed by atoms with Crippen molar-refractivity contribution in [3.8, 4) is 0 Å². The van der Waals surface area contributed by atoms with E-state index in [0.717, 1.165) is 16.9 Å². The molecule has 0 fully saturated rings. The average molecular weight is 371 g/mol. The molecule has 2 aromatic heterocycles.